The van der Waals surface area contributed by atoms with E-state index in [4.69, 9.17) is 4.74 Å². The number of ether oxygens (including phenoxy) is 1. The van der Waals surface area contributed by atoms with E-state index in [1.165, 1.54) is 25.7 Å². The minimum Gasteiger partial charge on any atom is -0.496 e. The van der Waals surface area contributed by atoms with E-state index in [1.807, 2.05) is 18.2 Å². The minimum absolute atomic E-state index is 0.0842. The smallest absolute Gasteiger partial charge is 0.271 e. The van der Waals surface area contributed by atoms with Crippen LogP contribution in [0.4, 0.5) is 0 Å². The predicted octanol–water partition coefficient (Wildman–Crippen LogP) is 2.90. The molecule has 1 aliphatic heterocycles. The van der Waals surface area contributed by atoms with Crippen molar-refractivity contribution in [2.45, 2.75) is 50.5 Å². The molecular weight excluding hydrogens is 352 g/mol. The largest absolute Gasteiger partial charge is 0.496 e. The van der Waals surface area contributed by atoms with Crippen LogP contribution in [0, 0.1) is 0 Å². The number of likely N-dealkylation sites (N-methyl/N-ethyl adjacent to an activating group) is 1. The molecule has 1 atom stereocenters. The number of hydrogen-bond acceptors (Lipinski definition) is 4. The van der Waals surface area contributed by atoms with E-state index in [-0.39, 0.29) is 11.8 Å². The van der Waals surface area contributed by atoms with Crippen LogP contribution in [0.5, 0.6) is 5.75 Å². The van der Waals surface area contributed by atoms with Crippen molar-refractivity contribution in [3.8, 4) is 5.75 Å². The number of fused-ring (bicyclic) bond motifs is 1. The van der Waals surface area contributed by atoms with E-state index in [0.29, 0.717) is 18.3 Å². The van der Waals surface area contributed by atoms with Crippen molar-refractivity contribution < 1.29 is 9.53 Å². The van der Waals surface area contributed by atoms with Crippen molar-refractivity contribution in [2.24, 2.45) is 0 Å². The zero-order valence-electron chi connectivity index (χ0n) is 16.8. The highest BCUT2D eigenvalue weighted by Gasteiger charge is 2.28. The molecule has 0 radical (unpaired) electrons. The number of amides is 1. The van der Waals surface area contributed by atoms with Crippen LogP contribution in [0.1, 0.15) is 59.2 Å². The van der Waals surface area contributed by atoms with Crippen LogP contribution in [0.25, 0.3) is 0 Å². The van der Waals surface area contributed by atoms with Crippen molar-refractivity contribution in [1.29, 1.82) is 0 Å². The molecule has 1 aromatic heterocycles. The van der Waals surface area contributed by atoms with E-state index < -0.39 is 0 Å². The number of benzene rings is 1. The summed E-state index contributed by atoms with van der Waals surface area (Å²) in [6, 6.07) is 8.74. The normalized spacial score (nSPS) is 20.1. The van der Waals surface area contributed by atoms with Gasteiger partial charge in [-0.25, -0.2) is 4.98 Å². The first-order valence-electron chi connectivity index (χ1n) is 10.3. The summed E-state index contributed by atoms with van der Waals surface area (Å²) in [6.45, 7) is 1.55. The van der Waals surface area contributed by atoms with Crippen LogP contribution >= 0.6 is 0 Å². The Hall–Kier alpha value is -2.34. The van der Waals surface area contributed by atoms with Gasteiger partial charge >= 0.3 is 0 Å². The number of methoxy groups -OCH3 is 1. The van der Waals surface area contributed by atoms with Gasteiger partial charge in [0.15, 0.2) is 0 Å². The molecule has 6 nitrogen and oxygen atoms in total. The lowest BCUT2D eigenvalue weighted by Crippen LogP contribution is -2.31. The first-order chi connectivity index (χ1) is 13.7. The summed E-state index contributed by atoms with van der Waals surface area (Å²) in [5.74, 6) is 1.85. The van der Waals surface area contributed by atoms with Gasteiger partial charge in [0.2, 0.25) is 0 Å². The fourth-order valence-corrected chi connectivity index (χ4v) is 4.57. The maximum absolute atomic E-state index is 12.6. The Labute approximate surface area is 166 Å². The molecule has 2 aliphatic rings. The standard InChI is InChI=1S/C22H30N4O2/c1-26(16-7-3-4-8-16)12-11-20-24-18-13-15(14-23-22(27)21(18)25-20)17-9-5-6-10-19(17)28-2/h5-6,9-10,15-16H,3-4,7-8,11-14H2,1-2H3,(H,23,27)(H,24,25)/t15-/m1/s1. The maximum Gasteiger partial charge on any atom is 0.271 e. The topological polar surface area (TPSA) is 70.2 Å². The molecule has 6 heteroatoms. The van der Waals surface area contributed by atoms with E-state index in [2.05, 4.69) is 33.3 Å². The Balaban J connectivity index is 1.49. The van der Waals surface area contributed by atoms with Gasteiger partial charge in [-0.15, -0.1) is 0 Å². The van der Waals surface area contributed by atoms with Gasteiger partial charge in [-0.05, 0) is 37.9 Å². The fraction of sp³-hybridized carbons (Fsp3) is 0.545. The van der Waals surface area contributed by atoms with Crippen LogP contribution in [-0.2, 0) is 12.8 Å². The second-order valence-corrected chi connectivity index (χ2v) is 8.03. The van der Waals surface area contributed by atoms with E-state index >= 15 is 0 Å². The molecule has 150 valence electrons. The molecule has 1 aromatic carbocycles. The lowest BCUT2D eigenvalue weighted by atomic mass is 9.93. The molecule has 2 N–H and O–H groups in total. The third-order valence-electron chi connectivity index (χ3n) is 6.23. The Morgan fingerprint density at radius 2 is 2.04 bits per heavy atom. The third-order valence-corrected chi connectivity index (χ3v) is 6.23. The zero-order chi connectivity index (χ0) is 19.5. The highest BCUT2D eigenvalue weighted by atomic mass is 16.5. The number of nitrogens with zero attached hydrogens (tertiary/aromatic N) is 2. The highest BCUT2D eigenvalue weighted by molar-refractivity contribution is 5.94. The number of nitrogens with one attached hydrogen (secondary N) is 2. The molecule has 1 amide bonds. The zero-order valence-corrected chi connectivity index (χ0v) is 16.8. The van der Waals surface area contributed by atoms with Gasteiger partial charge in [0.05, 0.1) is 7.11 Å². The number of para-hydroxylation sites is 1. The number of aromatic amines is 1. The minimum atomic E-state index is -0.0842. The monoisotopic (exact) mass is 382 g/mol. The number of carbonyl (C=O) groups excluding carboxylic acids is 1. The quantitative estimate of drug-likeness (QED) is 0.806. The predicted molar refractivity (Wildman–Crippen MR) is 109 cm³/mol. The summed E-state index contributed by atoms with van der Waals surface area (Å²) < 4.78 is 5.53. The van der Waals surface area contributed by atoms with E-state index in [9.17, 15) is 4.79 Å². The maximum atomic E-state index is 12.6. The van der Waals surface area contributed by atoms with Crippen LogP contribution < -0.4 is 10.1 Å². The molecule has 0 saturated heterocycles. The van der Waals surface area contributed by atoms with Gasteiger partial charge in [0.1, 0.15) is 17.3 Å². The molecule has 2 aromatic rings. The number of carbonyl (C=O) groups is 1. The van der Waals surface area contributed by atoms with Gasteiger partial charge in [0, 0.05) is 37.2 Å². The second kappa shape index (κ2) is 8.35. The van der Waals surface area contributed by atoms with Crippen molar-refractivity contribution in [3.63, 3.8) is 0 Å². The van der Waals surface area contributed by atoms with Crippen molar-refractivity contribution in [3.05, 3.63) is 47.0 Å². The Kier molecular flexibility index (Phi) is 5.67. The first kappa shape index (κ1) is 19.0. The number of H-pyrrole nitrogens is 1. The SMILES string of the molecule is COc1ccccc1[C@H]1CNC(=O)c2nc(CCN(C)C3CCCC3)[nH]c2C1. The number of rotatable bonds is 6. The summed E-state index contributed by atoms with van der Waals surface area (Å²) >= 11 is 0. The molecule has 1 saturated carbocycles. The van der Waals surface area contributed by atoms with E-state index in [1.54, 1.807) is 7.11 Å². The molecule has 0 bridgehead atoms. The van der Waals surface area contributed by atoms with Gasteiger partial charge in [-0.3, -0.25) is 4.79 Å². The lowest BCUT2D eigenvalue weighted by Gasteiger charge is -2.23. The lowest BCUT2D eigenvalue weighted by molar-refractivity contribution is 0.0950. The van der Waals surface area contributed by atoms with Crippen LogP contribution in [0.2, 0.25) is 0 Å². The molecule has 28 heavy (non-hydrogen) atoms. The molecule has 0 spiro atoms. The molecule has 4 rings (SSSR count). The average Bonchev–Trinajstić information content (AvgIpc) is 3.36. The molecule has 1 aliphatic carbocycles. The second-order valence-electron chi connectivity index (χ2n) is 8.03. The summed E-state index contributed by atoms with van der Waals surface area (Å²) in [5.41, 5.74) is 2.61. The van der Waals surface area contributed by atoms with Crippen LogP contribution in [0.3, 0.4) is 0 Å². The first-order valence-corrected chi connectivity index (χ1v) is 10.3. The highest BCUT2D eigenvalue weighted by Crippen LogP contribution is 2.31. The number of hydrogen-bond donors (Lipinski definition) is 2. The van der Waals surface area contributed by atoms with Crippen molar-refractivity contribution in [1.82, 2.24) is 20.2 Å². The summed E-state index contributed by atoms with van der Waals surface area (Å²) in [5, 5.41) is 3.04. The van der Waals surface area contributed by atoms with Gasteiger partial charge < -0.3 is 19.9 Å². The number of imidazole rings is 1. The van der Waals surface area contributed by atoms with Crippen LogP contribution in [-0.4, -0.2) is 54.1 Å². The fourth-order valence-electron chi connectivity index (χ4n) is 4.57. The van der Waals surface area contributed by atoms with Crippen molar-refractivity contribution >= 4 is 5.91 Å². The number of aromatic nitrogens is 2. The van der Waals surface area contributed by atoms with Gasteiger partial charge in [-0.2, -0.15) is 0 Å². The molecular formula is C22H30N4O2. The van der Waals surface area contributed by atoms with Gasteiger partial charge in [0.25, 0.3) is 5.91 Å². The molecule has 1 fully saturated rings. The summed E-state index contributed by atoms with van der Waals surface area (Å²) in [7, 11) is 3.89. The Bertz CT molecular complexity index is 826. The Morgan fingerprint density at radius 1 is 1.25 bits per heavy atom. The van der Waals surface area contributed by atoms with Crippen molar-refractivity contribution in [2.75, 3.05) is 27.2 Å². The average molecular weight is 383 g/mol. The summed E-state index contributed by atoms with van der Waals surface area (Å²) in [6.07, 6.45) is 6.87. The third kappa shape index (κ3) is 3.92. The van der Waals surface area contributed by atoms with Gasteiger partial charge in [-0.1, -0.05) is 31.0 Å². The Morgan fingerprint density at radius 3 is 2.82 bits per heavy atom. The molecule has 2 heterocycles. The van der Waals surface area contributed by atoms with Crippen LogP contribution in [0.15, 0.2) is 24.3 Å². The van der Waals surface area contributed by atoms with E-state index in [0.717, 1.165) is 42.2 Å². The summed E-state index contributed by atoms with van der Waals surface area (Å²) in [4.78, 5) is 23.1. The molecule has 0 unspecified atom stereocenters.